The highest BCUT2D eigenvalue weighted by atomic mass is 19.1. The maximum absolute atomic E-state index is 13.4. The van der Waals surface area contributed by atoms with Crippen LogP contribution in [0.5, 0.6) is 0 Å². The van der Waals surface area contributed by atoms with E-state index in [1.165, 1.54) is 6.07 Å². The molecule has 2 aromatic rings. The lowest BCUT2D eigenvalue weighted by Gasteiger charge is -2.07. The maximum Gasteiger partial charge on any atom is 0.225 e. The fraction of sp³-hybridized carbons (Fsp3) is 0.267. The van der Waals surface area contributed by atoms with Crippen LogP contribution in [-0.4, -0.2) is 22.6 Å². The molecule has 0 spiro atoms. The minimum absolute atomic E-state index is 0.107. The molecule has 21 heavy (non-hydrogen) atoms. The van der Waals surface area contributed by atoms with Crippen molar-refractivity contribution in [2.45, 2.75) is 19.8 Å². The smallest absolute Gasteiger partial charge is 0.225 e. The molecule has 1 amide bonds. The van der Waals surface area contributed by atoms with Crippen molar-refractivity contribution >= 4 is 17.5 Å². The van der Waals surface area contributed by atoms with Gasteiger partial charge in [-0.15, -0.1) is 10.2 Å². The number of benzene rings is 1. The Morgan fingerprint density at radius 3 is 2.52 bits per heavy atom. The summed E-state index contributed by atoms with van der Waals surface area (Å²) in [6.45, 7) is 2.32. The van der Waals surface area contributed by atoms with Crippen molar-refractivity contribution in [3.8, 4) is 0 Å². The van der Waals surface area contributed by atoms with Gasteiger partial charge in [0.05, 0.1) is 0 Å². The lowest BCUT2D eigenvalue weighted by atomic mass is 10.1. The van der Waals surface area contributed by atoms with Crippen LogP contribution in [0.25, 0.3) is 0 Å². The number of hydrogen-bond donors (Lipinski definition) is 2. The molecule has 0 aliphatic heterocycles. The summed E-state index contributed by atoms with van der Waals surface area (Å²) in [4.78, 5) is 11.2. The summed E-state index contributed by atoms with van der Waals surface area (Å²) in [5.74, 6) is 0.690. The molecular weight excluding hydrogens is 271 g/mol. The van der Waals surface area contributed by atoms with Crippen molar-refractivity contribution in [3.63, 3.8) is 0 Å². The lowest BCUT2D eigenvalue weighted by molar-refractivity contribution is -0.115. The summed E-state index contributed by atoms with van der Waals surface area (Å²) in [6.07, 6.45) is 0.951. The highest BCUT2D eigenvalue weighted by molar-refractivity contribution is 5.89. The molecule has 0 unspecified atom stereocenters. The molecule has 0 fully saturated rings. The summed E-state index contributed by atoms with van der Waals surface area (Å²) in [7, 11) is 0. The summed E-state index contributed by atoms with van der Waals surface area (Å²) in [5, 5.41) is 13.5. The number of carbonyl (C=O) groups is 1. The number of nitrogens with one attached hydrogen (secondary N) is 2. The Morgan fingerprint density at radius 2 is 1.86 bits per heavy atom. The average molecular weight is 288 g/mol. The molecule has 0 bridgehead atoms. The Morgan fingerprint density at radius 1 is 1.14 bits per heavy atom. The Balaban J connectivity index is 1.84. The van der Waals surface area contributed by atoms with Gasteiger partial charge in [0.1, 0.15) is 11.6 Å². The molecule has 110 valence electrons. The van der Waals surface area contributed by atoms with E-state index in [4.69, 9.17) is 0 Å². The molecule has 6 heteroatoms. The first kappa shape index (κ1) is 14.9. The van der Waals surface area contributed by atoms with E-state index in [9.17, 15) is 9.18 Å². The highest BCUT2D eigenvalue weighted by Gasteiger charge is 2.03. The van der Waals surface area contributed by atoms with E-state index in [1.54, 1.807) is 31.2 Å². The minimum atomic E-state index is -0.206. The van der Waals surface area contributed by atoms with Gasteiger partial charge in [0.25, 0.3) is 0 Å². The van der Waals surface area contributed by atoms with Gasteiger partial charge in [0.2, 0.25) is 5.91 Å². The summed E-state index contributed by atoms with van der Waals surface area (Å²) in [5.41, 5.74) is 0.657. The normalized spacial score (nSPS) is 10.2. The lowest BCUT2D eigenvalue weighted by Crippen LogP contribution is -2.12. The van der Waals surface area contributed by atoms with E-state index in [0.717, 1.165) is 0 Å². The SMILES string of the molecule is CCC(=O)Nc1ccc(NCCc2ccccc2F)nn1. The van der Waals surface area contributed by atoms with Gasteiger partial charge >= 0.3 is 0 Å². The van der Waals surface area contributed by atoms with Crippen LogP contribution in [-0.2, 0) is 11.2 Å². The van der Waals surface area contributed by atoms with Crippen molar-refractivity contribution in [2.75, 3.05) is 17.2 Å². The van der Waals surface area contributed by atoms with Crippen molar-refractivity contribution < 1.29 is 9.18 Å². The van der Waals surface area contributed by atoms with Crippen molar-refractivity contribution in [3.05, 3.63) is 47.8 Å². The van der Waals surface area contributed by atoms with Crippen LogP contribution in [0, 0.1) is 5.82 Å². The van der Waals surface area contributed by atoms with Gasteiger partial charge in [0, 0.05) is 13.0 Å². The summed E-state index contributed by atoms with van der Waals surface area (Å²) >= 11 is 0. The third kappa shape index (κ3) is 4.52. The maximum atomic E-state index is 13.4. The standard InChI is InChI=1S/C15H17FN4O/c1-2-15(21)18-14-8-7-13(19-20-14)17-10-9-11-5-3-4-6-12(11)16/h3-8H,2,9-10H2,1H3,(H,17,19)(H,18,20,21). The third-order valence-electron chi connectivity index (χ3n) is 2.91. The number of amides is 1. The zero-order valence-electron chi connectivity index (χ0n) is 11.8. The van der Waals surface area contributed by atoms with Crippen molar-refractivity contribution in [2.24, 2.45) is 0 Å². The average Bonchev–Trinajstić information content (AvgIpc) is 2.51. The molecule has 1 heterocycles. The van der Waals surface area contributed by atoms with Crippen LogP contribution < -0.4 is 10.6 Å². The van der Waals surface area contributed by atoms with Gasteiger partial charge in [0.15, 0.2) is 5.82 Å². The molecule has 2 rings (SSSR count). The summed E-state index contributed by atoms with van der Waals surface area (Å²) < 4.78 is 13.4. The number of aromatic nitrogens is 2. The monoisotopic (exact) mass is 288 g/mol. The van der Waals surface area contributed by atoms with Crippen LogP contribution in [0.15, 0.2) is 36.4 Å². The number of carbonyl (C=O) groups excluding carboxylic acids is 1. The largest absolute Gasteiger partial charge is 0.368 e. The summed E-state index contributed by atoms with van der Waals surface area (Å²) in [6, 6.07) is 10.1. The van der Waals surface area contributed by atoms with Crippen LogP contribution in [0.1, 0.15) is 18.9 Å². The highest BCUT2D eigenvalue weighted by Crippen LogP contribution is 2.09. The van der Waals surface area contributed by atoms with E-state index in [1.807, 2.05) is 6.07 Å². The zero-order valence-corrected chi connectivity index (χ0v) is 11.8. The number of anilines is 2. The molecule has 0 saturated carbocycles. The van der Waals surface area contributed by atoms with Crippen LogP contribution in [0.3, 0.4) is 0 Å². The van der Waals surface area contributed by atoms with Gasteiger partial charge < -0.3 is 10.6 Å². The van der Waals surface area contributed by atoms with E-state index >= 15 is 0 Å². The Hall–Kier alpha value is -2.50. The molecule has 0 aliphatic carbocycles. The van der Waals surface area contributed by atoms with E-state index in [0.29, 0.717) is 36.6 Å². The van der Waals surface area contributed by atoms with E-state index < -0.39 is 0 Å². The quantitative estimate of drug-likeness (QED) is 0.857. The van der Waals surface area contributed by atoms with Crippen LogP contribution in [0.2, 0.25) is 0 Å². The number of hydrogen-bond acceptors (Lipinski definition) is 4. The first-order valence-corrected chi connectivity index (χ1v) is 6.80. The first-order valence-electron chi connectivity index (χ1n) is 6.80. The van der Waals surface area contributed by atoms with Crippen molar-refractivity contribution in [1.29, 1.82) is 0 Å². The van der Waals surface area contributed by atoms with Gasteiger partial charge in [-0.2, -0.15) is 0 Å². The molecule has 5 nitrogen and oxygen atoms in total. The molecule has 0 aliphatic rings. The number of nitrogens with zero attached hydrogens (tertiary/aromatic N) is 2. The molecule has 1 aromatic heterocycles. The second kappa shape index (κ2) is 7.33. The molecule has 0 saturated heterocycles. The molecular formula is C15H17FN4O. The minimum Gasteiger partial charge on any atom is -0.368 e. The Bertz CT molecular complexity index is 601. The fourth-order valence-corrected chi connectivity index (χ4v) is 1.75. The van der Waals surface area contributed by atoms with Crippen LogP contribution in [0.4, 0.5) is 16.0 Å². The van der Waals surface area contributed by atoms with E-state index in [2.05, 4.69) is 20.8 Å². The van der Waals surface area contributed by atoms with Crippen molar-refractivity contribution in [1.82, 2.24) is 10.2 Å². The molecule has 0 radical (unpaired) electrons. The Labute approximate surface area is 122 Å². The second-order valence-electron chi connectivity index (χ2n) is 4.47. The van der Waals surface area contributed by atoms with Gasteiger partial charge in [-0.25, -0.2) is 4.39 Å². The molecule has 2 N–H and O–H groups in total. The number of rotatable bonds is 6. The van der Waals surface area contributed by atoms with Crippen LogP contribution >= 0.6 is 0 Å². The zero-order chi connectivity index (χ0) is 15.1. The van der Waals surface area contributed by atoms with Gasteiger partial charge in [-0.1, -0.05) is 25.1 Å². The predicted molar refractivity (Wildman–Crippen MR) is 79.5 cm³/mol. The van der Waals surface area contributed by atoms with Gasteiger partial charge in [-0.05, 0) is 30.2 Å². The fourth-order valence-electron chi connectivity index (χ4n) is 1.75. The first-order chi connectivity index (χ1) is 10.2. The third-order valence-corrected chi connectivity index (χ3v) is 2.91. The molecule has 0 atom stereocenters. The Kier molecular flexibility index (Phi) is 5.20. The predicted octanol–water partition coefficient (Wildman–Crippen LogP) is 2.62. The van der Waals surface area contributed by atoms with Gasteiger partial charge in [-0.3, -0.25) is 4.79 Å². The topological polar surface area (TPSA) is 66.9 Å². The number of halogens is 1. The van der Waals surface area contributed by atoms with E-state index in [-0.39, 0.29) is 11.7 Å². The second-order valence-corrected chi connectivity index (χ2v) is 4.47. The molecule has 1 aromatic carbocycles.